The Hall–Kier alpha value is -0.840. The summed E-state index contributed by atoms with van der Waals surface area (Å²) >= 11 is 17.5. The Balaban J connectivity index is 2.76. The molecule has 0 aliphatic rings. The van der Waals surface area contributed by atoms with Crippen LogP contribution >= 0.6 is 34.8 Å². The van der Waals surface area contributed by atoms with Gasteiger partial charge in [0, 0.05) is 6.42 Å². The molecule has 1 rings (SSSR count). The Morgan fingerprint density at radius 3 is 2.25 bits per heavy atom. The van der Waals surface area contributed by atoms with Gasteiger partial charge in [0.2, 0.25) is 15.9 Å². The van der Waals surface area contributed by atoms with Crippen molar-refractivity contribution in [2.24, 2.45) is 0 Å². The molecular weight excluding hydrogens is 325 g/mol. The third-order valence-electron chi connectivity index (χ3n) is 2.38. The predicted octanol–water partition coefficient (Wildman–Crippen LogP) is 3.69. The Labute approximate surface area is 133 Å². The van der Waals surface area contributed by atoms with Crippen LogP contribution in [0.2, 0.25) is 0 Å². The van der Waals surface area contributed by atoms with E-state index in [9.17, 15) is 4.79 Å². The molecule has 1 atom stereocenters. The summed E-state index contributed by atoms with van der Waals surface area (Å²) < 4.78 is 8.77. The standard InChI is InChI=1S/C13H16Cl3NO3/c1-3-4-11(18)17-12(13(14,15)16)20-10-7-5-9(19-2)6-8-10/h5-8,12H,3-4H2,1-2H3,(H,17,18)/t12-/m1/s1. The van der Waals surface area contributed by atoms with Gasteiger partial charge in [-0.2, -0.15) is 0 Å². The van der Waals surface area contributed by atoms with Gasteiger partial charge in [-0.15, -0.1) is 0 Å². The molecule has 1 aromatic carbocycles. The van der Waals surface area contributed by atoms with E-state index in [1.54, 1.807) is 31.4 Å². The third-order valence-corrected chi connectivity index (χ3v) is 2.97. The zero-order valence-electron chi connectivity index (χ0n) is 11.2. The van der Waals surface area contributed by atoms with Gasteiger partial charge in [-0.05, 0) is 30.7 Å². The van der Waals surface area contributed by atoms with E-state index in [2.05, 4.69) is 5.32 Å². The van der Waals surface area contributed by atoms with E-state index < -0.39 is 10.0 Å². The number of methoxy groups -OCH3 is 1. The molecule has 0 aliphatic carbocycles. The summed E-state index contributed by atoms with van der Waals surface area (Å²) in [6.07, 6.45) is -0.0376. The molecule has 1 N–H and O–H groups in total. The molecule has 7 heteroatoms. The fraction of sp³-hybridized carbons (Fsp3) is 0.462. The minimum absolute atomic E-state index is 0.239. The van der Waals surface area contributed by atoms with Crippen LogP contribution in [0.5, 0.6) is 11.5 Å². The molecule has 0 bridgehead atoms. The average Bonchev–Trinajstić information content (AvgIpc) is 2.38. The number of hydrogen-bond acceptors (Lipinski definition) is 3. The predicted molar refractivity (Wildman–Crippen MR) is 80.8 cm³/mol. The Bertz CT molecular complexity index is 431. The van der Waals surface area contributed by atoms with Gasteiger partial charge in [0.05, 0.1) is 7.11 Å². The zero-order valence-corrected chi connectivity index (χ0v) is 13.4. The van der Waals surface area contributed by atoms with E-state index in [4.69, 9.17) is 44.3 Å². The molecule has 0 saturated carbocycles. The van der Waals surface area contributed by atoms with Crippen molar-refractivity contribution in [2.75, 3.05) is 7.11 Å². The Morgan fingerprint density at radius 2 is 1.80 bits per heavy atom. The molecule has 0 radical (unpaired) electrons. The number of rotatable bonds is 6. The molecule has 112 valence electrons. The van der Waals surface area contributed by atoms with E-state index in [0.29, 0.717) is 24.3 Å². The van der Waals surface area contributed by atoms with Gasteiger partial charge in [0.1, 0.15) is 11.5 Å². The molecule has 0 spiro atoms. The van der Waals surface area contributed by atoms with Crippen LogP contribution in [0.1, 0.15) is 19.8 Å². The van der Waals surface area contributed by atoms with Gasteiger partial charge >= 0.3 is 0 Å². The summed E-state index contributed by atoms with van der Waals surface area (Å²) in [6, 6.07) is 6.74. The van der Waals surface area contributed by atoms with Crippen LogP contribution < -0.4 is 14.8 Å². The van der Waals surface area contributed by atoms with Crippen LogP contribution in [0.3, 0.4) is 0 Å². The average molecular weight is 341 g/mol. The number of hydrogen-bond donors (Lipinski definition) is 1. The van der Waals surface area contributed by atoms with Gasteiger partial charge < -0.3 is 14.8 Å². The van der Waals surface area contributed by atoms with Crippen LogP contribution in [0.25, 0.3) is 0 Å². The summed E-state index contributed by atoms with van der Waals surface area (Å²) in [7, 11) is 1.56. The fourth-order valence-electron chi connectivity index (χ4n) is 1.41. The lowest BCUT2D eigenvalue weighted by Gasteiger charge is -2.26. The highest BCUT2D eigenvalue weighted by Gasteiger charge is 2.36. The number of carbonyl (C=O) groups excluding carboxylic acids is 1. The van der Waals surface area contributed by atoms with E-state index in [1.807, 2.05) is 6.92 Å². The maximum atomic E-state index is 11.6. The first-order valence-electron chi connectivity index (χ1n) is 6.03. The molecule has 0 unspecified atom stereocenters. The maximum absolute atomic E-state index is 11.6. The lowest BCUT2D eigenvalue weighted by molar-refractivity contribution is -0.123. The third kappa shape index (κ3) is 5.65. The highest BCUT2D eigenvalue weighted by molar-refractivity contribution is 6.68. The SMILES string of the molecule is CCCC(=O)N[C@H](Oc1ccc(OC)cc1)C(Cl)(Cl)Cl. The highest BCUT2D eigenvalue weighted by atomic mass is 35.6. The summed E-state index contributed by atoms with van der Waals surface area (Å²) in [5, 5.41) is 2.55. The fourth-order valence-corrected chi connectivity index (χ4v) is 1.71. The van der Waals surface area contributed by atoms with Crippen LogP contribution in [-0.2, 0) is 4.79 Å². The van der Waals surface area contributed by atoms with Gasteiger partial charge in [-0.1, -0.05) is 41.7 Å². The smallest absolute Gasteiger partial charge is 0.246 e. The molecule has 1 aromatic rings. The number of amides is 1. The molecule has 1 amide bonds. The largest absolute Gasteiger partial charge is 0.497 e. The first kappa shape index (κ1) is 17.2. The molecule has 0 heterocycles. The molecule has 0 saturated heterocycles. The van der Waals surface area contributed by atoms with Crippen molar-refractivity contribution < 1.29 is 14.3 Å². The van der Waals surface area contributed by atoms with Gasteiger partial charge in [0.15, 0.2) is 0 Å². The second-order valence-electron chi connectivity index (χ2n) is 4.03. The van der Waals surface area contributed by atoms with Crippen molar-refractivity contribution in [1.82, 2.24) is 5.32 Å². The number of halogens is 3. The summed E-state index contributed by atoms with van der Waals surface area (Å²) in [6.45, 7) is 1.88. The van der Waals surface area contributed by atoms with Crippen molar-refractivity contribution in [2.45, 2.75) is 29.8 Å². The van der Waals surface area contributed by atoms with Crippen molar-refractivity contribution >= 4 is 40.7 Å². The van der Waals surface area contributed by atoms with E-state index in [0.717, 1.165) is 0 Å². The topological polar surface area (TPSA) is 47.6 Å². The monoisotopic (exact) mass is 339 g/mol. The summed E-state index contributed by atoms with van der Waals surface area (Å²) in [4.78, 5) is 11.6. The van der Waals surface area contributed by atoms with E-state index in [1.165, 1.54) is 0 Å². The molecule has 4 nitrogen and oxygen atoms in total. The normalized spacial score (nSPS) is 12.7. The van der Waals surface area contributed by atoms with Crippen molar-refractivity contribution in [3.05, 3.63) is 24.3 Å². The lowest BCUT2D eigenvalue weighted by atomic mass is 10.3. The van der Waals surface area contributed by atoms with Crippen LogP contribution in [0, 0.1) is 0 Å². The zero-order chi connectivity index (χ0) is 15.2. The van der Waals surface area contributed by atoms with Gasteiger partial charge in [-0.25, -0.2) is 0 Å². The van der Waals surface area contributed by atoms with Gasteiger partial charge in [-0.3, -0.25) is 4.79 Å². The van der Waals surface area contributed by atoms with Crippen molar-refractivity contribution in [3.63, 3.8) is 0 Å². The van der Waals surface area contributed by atoms with Crippen molar-refractivity contribution in [3.8, 4) is 11.5 Å². The maximum Gasteiger partial charge on any atom is 0.246 e. The summed E-state index contributed by atoms with van der Waals surface area (Å²) in [5.41, 5.74) is 0. The number of alkyl halides is 3. The first-order valence-corrected chi connectivity index (χ1v) is 7.17. The molecule has 0 aromatic heterocycles. The number of carbonyl (C=O) groups is 1. The van der Waals surface area contributed by atoms with Crippen LogP contribution in [0.4, 0.5) is 0 Å². The molecule has 0 fully saturated rings. The molecular formula is C13H16Cl3NO3. The highest BCUT2D eigenvalue weighted by Crippen LogP contribution is 2.32. The lowest BCUT2D eigenvalue weighted by Crippen LogP contribution is -2.47. The van der Waals surface area contributed by atoms with Crippen molar-refractivity contribution in [1.29, 1.82) is 0 Å². The minimum Gasteiger partial charge on any atom is -0.497 e. The number of benzene rings is 1. The second kappa shape index (κ2) is 7.81. The second-order valence-corrected chi connectivity index (χ2v) is 6.40. The summed E-state index contributed by atoms with van der Waals surface area (Å²) in [5.74, 6) is 0.897. The first-order chi connectivity index (χ1) is 9.36. The Morgan fingerprint density at radius 1 is 1.25 bits per heavy atom. The molecule has 20 heavy (non-hydrogen) atoms. The minimum atomic E-state index is -1.77. The Kier molecular flexibility index (Phi) is 6.72. The number of ether oxygens (including phenoxy) is 2. The number of nitrogens with one attached hydrogen (secondary N) is 1. The van der Waals surface area contributed by atoms with E-state index >= 15 is 0 Å². The van der Waals surface area contributed by atoms with E-state index in [-0.39, 0.29) is 5.91 Å². The van der Waals surface area contributed by atoms with Crippen LogP contribution in [0.15, 0.2) is 24.3 Å². The van der Waals surface area contributed by atoms with Gasteiger partial charge in [0.25, 0.3) is 0 Å². The quantitative estimate of drug-likeness (QED) is 0.634. The van der Waals surface area contributed by atoms with Crippen LogP contribution in [-0.4, -0.2) is 23.0 Å². The molecule has 0 aliphatic heterocycles.